The Bertz CT molecular complexity index is 984. The summed E-state index contributed by atoms with van der Waals surface area (Å²) in [6.45, 7) is -0.0204. The molecule has 0 amide bonds. The molecule has 23 heavy (non-hydrogen) atoms. The summed E-state index contributed by atoms with van der Waals surface area (Å²) >= 11 is 0. The van der Waals surface area contributed by atoms with E-state index in [2.05, 4.69) is 0 Å². The zero-order chi connectivity index (χ0) is 16.1. The number of carbonyl (C=O) groups is 2. The molecule has 0 saturated heterocycles. The summed E-state index contributed by atoms with van der Waals surface area (Å²) in [6, 6.07) is 12.3. The molecule has 0 unspecified atom stereocenters. The van der Waals surface area contributed by atoms with E-state index in [4.69, 9.17) is 4.74 Å². The molecule has 0 saturated carbocycles. The van der Waals surface area contributed by atoms with Crippen LogP contribution in [-0.4, -0.2) is 28.5 Å². The number of aromatic nitrogens is 1. The predicted octanol–water partition coefficient (Wildman–Crippen LogP) is 2.73. The minimum atomic E-state index is -0.412. The zero-order valence-corrected chi connectivity index (χ0v) is 12.4. The number of ketones is 1. The average Bonchev–Trinajstić information content (AvgIpc) is 3.03. The molecule has 114 valence electrons. The van der Waals surface area contributed by atoms with Crippen LogP contribution in [0.1, 0.15) is 15.9 Å². The monoisotopic (exact) mass is 307 g/mol. The number of benzene rings is 2. The Balaban J connectivity index is 2.13. The molecule has 1 aromatic heterocycles. The Kier molecular flexibility index (Phi) is 2.78. The maximum atomic E-state index is 12.8. The number of phenols is 1. The minimum Gasteiger partial charge on any atom is -0.507 e. The number of phenolic OH excluding ortho intramolecular Hbond substituents is 1. The number of hydrogen-bond donors (Lipinski definition) is 1. The van der Waals surface area contributed by atoms with Crippen LogP contribution >= 0.6 is 0 Å². The molecule has 1 heterocycles. The number of methoxy groups -OCH3 is 1. The standard InChI is InChI=1S/C18H13NO4/c1-23-14(21)9-19-12-7-4-8-13(20)15(12)16-17(19)10-5-2-3-6-11(10)18(16)22/h2-8,20H,9H2,1H3. The van der Waals surface area contributed by atoms with Crippen molar-refractivity contribution in [3.8, 4) is 17.0 Å². The first kappa shape index (κ1) is 13.6. The smallest absolute Gasteiger partial charge is 0.325 e. The molecule has 5 heteroatoms. The van der Waals surface area contributed by atoms with Crippen LogP contribution < -0.4 is 0 Å². The number of rotatable bonds is 2. The van der Waals surface area contributed by atoms with Crippen molar-refractivity contribution >= 4 is 22.7 Å². The molecule has 1 N–H and O–H groups in total. The molecule has 5 nitrogen and oxygen atoms in total. The lowest BCUT2D eigenvalue weighted by atomic mass is 10.1. The maximum Gasteiger partial charge on any atom is 0.325 e. The number of fused-ring (bicyclic) bond motifs is 5. The Hall–Kier alpha value is -3.08. The van der Waals surface area contributed by atoms with Crippen molar-refractivity contribution in [3.63, 3.8) is 0 Å². The molecule has 1 aliphatic carbocycles. The van der Waals surface area contributed by atoms with Crippen LogP contribution in [-0.2, 0) is 16.1 Å². The molecule has 0 atom stereocenters. The fraction of sp³-hybridized carbons (Fsp3) is 0.111. The lowest BCUT2D eigenvalue weighted by Crippen LogP contribution is -2.12. The van der Waals surface area contributed by atoms with E-state index in [9.17, 15) is 14.7 Å². The highest BCUT2D eigenvalue weighted by Gasteiger charge is 2.34. The molecule has 1 aliphatic rings. The summed E-state index contributed by atoms with van der Waals surface area (Å²) in [6.07, 6.45) is 0. The van der Waals surface area contributed by atoms with Crippen molar-refractivity contribution < 1.29 is 19.4 Å². The van der Waals surface area contributed by atoms with E-state index in [1.54, 1.807) is 34.9 Å². The third-order valence-corrected chi connectivity index (χ3v) is 4.24. The molecule has 0 fully saturated rings. The Morgan fingerprint density at radius 2 is 1.87 bits per heavy atom. The maximum absolute atomic E-state index is 12.8. The van der Waals surface area contributed by atoms with Crippen LogP contribution in [0.3, 0.4) is 0 Å². The highest BCUT2D eigenvalue weighted by atomic mass is 16.5. The van der Waals surface area contributed by atoms with Gasteiger partial charge in [0.2, 0.25) is 0 Å². The third-order valence-electron chi connectivity index (χ3n) is 4.24. The van der Waals surface area contributed by atoms with Gasteiger partial charge in [-0.3, -0.25) is 9.59 Å². The number of esters is 1. The van der Waals surface area contributed by atoms with Crippen LogP contribution in [0.25, 0.3) is 22.2 Å². The molecular formula is C18H13NO4. The van der Waals surface area contributed by atoms with Crippen LogP contribution in [0, 0.1) is 0 Å². The predicted molar refractivity (Wildman–Crippen MR) is 84.5 cm³/mol. The second-order valence-corrected chi connectivity index (χ2v) is 5.43. The summed E-state index contributed by atoms with van der Waals surface area (Å²) in [5, 5.41) is 10.7. The van der Waals surface area contributed by atoms with Gasteiger partial charge in [-0.05, 0) is 12.1 Å². The minimum absolute atomic E-state index is 0.0204. The fourth-order valence-corrected chi connectivity index (χ4v) is 3.26. The van der Waals surface area contributed by atoms with E-state index >= 15 is 0 Å². The largest absolute Gasteiger partial charge is 0.507 e. The van der Waals surface area contributed by atoms with Crippen LogP contribution in [0.4, 0.5) is 0 Å². The fourth-order valence-electron chi connectivity index (χ4n) is 3.26. The summed E-state index contributed by atoms with van der Waals surface area (Å²) in [7, 11) is 1.32. The van der Waals surface area contributed by atoms with E-state index in [1.165, 1.54) is 7.11 Å². The quantitative estimate of drug-likeness (QED) is 0.578. The summed E-state index contributed by atoms with van der Waals surface area (Å²) in [4.78, 5) is 24.6. The van der Waals surface area contributed by atoms with Crippen molar-refractivity contribution in [2.75, 3.05) is 7.11 Å². The molecule has 0 bridgehead atoms. The van der Waals surface area contributed by atoms with Gasteiger partial charge in [0.15, 0.2) is 5.78 Å². The van der Waals surface area contributed by atoms with Gasteiger partial charge in [0.1, 0.15) is 12.3 Å². The van der Waals surface area contributed by atoms with Crippen molar-refractivity contribution in [1.29, 1.82) is 0 Å². The van der Waals surface area contributed by atoms with Gasteiger partial charge in [0, 0.05) is 11.1 Å². The van der Waals surface area contributed by atoms with E-state index < -0.39 is 5.97 Å². The third kappa shape index (κ3) is 1.73. The first-order chi connectivity index (χ1) is 11.1. The van der Waals surface area contributed by atoms with Gasteiger partial charge in [0.25, 0.3) is 0 Å². The molecule has 2 aromatic carbocycles. The van der Waals surface area contributed by atoms with Gasteiger partial charge in [-0.15, -0.1) is 0 Å². The number of ether oxygens (including phenoxy) is 1. The summed E-state index contributed by atoms with van der Waals surface area (Å²) < 4.78 is 6.51. The van der Waals surface area contributed by atoms with Crippen molar-refractivity contribution in [2.45, 2.75) is 6.54 Å². The van der Waals surface area contributed by atoms with Crippen LogP contribution in [0.2, 0.25) is 0 Å². The van der Waals surface area contributed by atoms with E-state index in [1.807, 2.05) is 12.1 Å². The number of aromatic hydroxyl groups is 1. The molecule has 0 aliphatic heterocycles. The van der Waals surface area contributed by atoms with Gasteiger partial charge in [0.05, 0.1) is 29.3 Å². The van der Waals surface area contributed by atoms with Crippen LogP contribution in [0.5, 0.6) is 5.75 Å². The number of nitrogens with zero attached hydrogens (tertiary/aromatic N) is 1. The molecule has 0 radical (unpaired) electrons. The number of hydrogen-bond acceptors (Lipinski definition) is 4. The first-order valence-electron chi connectivity index (χ1n) is 7.18. The van der Waals surface area contributed by atoms with Gasteiger partial charge in [-0.2, -0.15) is 0 Å². The van der Waals surface area contributed by atoms with Gasteiger partial charge >= 0.3 is 5.97 Å². The Labute approximate surface area is 131 Å². The Morgan fingerprint density at radius 1 is 1.13 bits per heavy atom. The zero-order valence-electron chi connectivity index (χ0n) is 12.4. The average molecular weight is 307 g/mol. The van der Waals surface area contributed by atoms with Crippen molar-refractivity contribution in [1.82, 2.24) is 4.57 Å². The molecular weight excluding hydrogens is 294 g/mol. The van der Waals surface area contributed by atoms with Gasteiger partial charge in [-0.25, -0.2) is 0 Å². The van der Waals surface area contributed by atoms with E-state index in [-0.39, 0.29) is 18.1 Å². The van der Waals surface area contributed by atoms with Gasteiger partial charge in [-0.1, -0.05) is 30.3 Å². The highest BCUT2D eigenvalue weighted by Crippen LogP contribution is 2.45. The van der Waals surface area contributed by atoms with Gasteiger partial charge < -0.3 is 14.4 Å². The highest BCUT2D eigenvalue weighted by molar-refractivity contribution is 6.28. The SMILES string of the molecule is COC(=O)Cn1c2c(c3c(O)cccc31)C(=O)c1ccccc1-2. The van der Waals surface area contributed by atoms with Crippen molar-refractivity contribution in [2.24, 2.45) is 0 Å². The van der Waals surface area contributed by atoms with Crippen molar-refractivity contribution in [3.05, 3.63) is 53.6 Å². The lowest BCUT2D eigenvalue weighted by molar-refractivity contribution is -0.141. The second kappa shape index (κ2) is 4.71. The Morgan fingerprint density at radius 3 is 2.61 bits per heavy atom. The second-order valence-electron chi connectivity index (χ2n) is 5.43. The summed E-state index contributed by atoms with van der Waals surface area (Å²) in [5.41, 5.74) is 3.10. The lowest BCUT2D eigenvalue weighted by Gasteiger charge is -2.09. The van der Waals surface area contributed by atoms with E-state index in [0.29, 0.717) is 27.7 Å². The summed E-state index contributed by atoms with van der Waals surface area (Å²) in [5.74, 6) is -0.515. The topological polar surface area (TPSA) is 68.5 Å². The van der Waals surface area contributed by atoms with E-state index in [0.717, 1.165) is 5.56 Å². The number of carbonyl (C=O) groups excluding carboxylic acids is 2. The first-order valence-corrected chi connectivity index (χ1v) is 7.18. The molecule has 3 aromatic rings. The normalized spacial score (nSPS) is 12.3. The molecule has 4 rings (SSSR count). The molecule has 0 spiro atoms. The van der Waals surface area contributed by atoms with Crippen LogP contribution in [0.15, 0.2) is 42.5 Å².